The van der Waals surface area contributed by atoms with Crippen molar-refractivity contribution >= 4 is 5.69 Å². The molecule has 0 saturated carbocycles. The summed E-state index contributed by atoms with van der Waals surface area (Å²) in [5.74, 6) is 0.889. The van der Waals surface area contributed by atoms with Crippen LogP contribution >= 0.6 is 0 Å². The zero-order valence-electron chi connectivity index (χ0n) is 8.96. The van der Waals surface area contributed by atoms with Crippen LogP contribution in [0.2, 0.25) is 0 Å². The fourth-order valence-corrected chi connectivity index (χ4v) is 1.50. The Kier molecular flexibility index (Phi) is 2.98. The highest BCUT2D eigenvalue weighted by molar-refractivity contribution is 5.58. The summed E-state index contributed by atoms with van der Waals surface area (Å²) < 4.78 is 5.24. The van der Waals surface area contributed by atoms with Crippen LogP contribution in [0.4, 0.5) is 5.69 Å². The van der Waals surface area contributed by atoms with Gasteiger partial charge in [-0.2, -0.15) is 5.26 Å². The van der Waals surface area contributed by atoms with Crippen molar-refractivity contribution in [3.8, 4) is 11.9 Å². The first-order chi connectivity index (χ1) is 6.60. The van der Waals surface area contributed by atoms with Crippen molar-refractivity contribution in [3.05, 3.63) is 23.3 Å². The van der Waals surface area contributed by atoms with Crippen molar-refractivity contribution < 1.29 is 4.74 Å². The van der Waals surface area contributed by atoms with Crippen molar-refractivity contribution in [2.24, 2.45) is 0 Å². The molecule has 0 saturated heterocycles. The van der Waals surface area contributed by atoms with Gasteiger partial charge in [0.1, 0.15) is 5.75 Å². The molecular weight excluding hydrogens is 176 g/mol. The van der Waals surface area contributed by atoms with E-state index >= 15 is 0 Å². The molecule has 1 aromatic rings. The Morgan fingerprint density at radius 2 is 1.79 bits per heavy atom. The Labute approximate surface area is 84.5 Å². The number of nitrogens with zero attached hydrogens (tertiary/aromatic N) is 2. The van der Waals surface area contributed by atoms with Gasteiger partial charge in [0.25, 0.3) is 0 Å². The van der Waals surface area contributed by atoms with Crippen LogP contribution in [0, 0.1) is 25.3 Å². The fraction of sp³-hybridized carbons (Fsp3) is 0.364. The zero-order chi connectivity index (χ0) is 10.7. The molecule has 0 aromatic heterocycles. The zero-order valence-corrected chi connectivity index (χ0v) is 8.96. The van der Waals surface area contributed by atoms with Crippen LogP contribution in [0.5, 0.6) is 5.75 Å². The molecule has 0 N–H and O–H groups in total. The van der Waals surface area contributed by atoms with E-state index in [4.69, 9.17) is 10.00 Å². The maximum Gasteiger partial charge on any atom is 0.183 e. The van der Waals surface area contributed by atoms with E-state index in [1.807, 2.05) is 26.0 Å². The van der Waals surface area contributed by atoms with Crippen LogP contribution in [0.1, 0.15) is 11.1 Å². The molecule has 3 nitrogen and oxygen atoms in total. The van der Waals surface area contributed by atoms with Crippen LogP contribution in [-0.2, 0) is 0 Å². The second-order valence-corrected chi connectivity index (χ2v) is 3.27. The average molecular weight is 190 g/mol. The monoisotopic (exact) mass is 190 g/mol. The lowest BCUT2D eigenvalue weighted by Crippen LogP contribution is -2.08. The normalized spacial score (nSPS) is 9.36. The molecular formula is C11H14N2O. The van der Waals surface area contributed by atoms with E-state index in [0.29, 0.717) is 0 Å². The van der Waals surface area contributed by atoms with E-state index in [9.17, 15) is 0 Å². The quantitative estimate of drug-likeness (QED) is 0.530. The van der Waals surface area contributed by atoms with E-state index in [-0.39, 0.29) is 0 Å². The minimum atomic E-state index is 0.889. The number of hydrogen-bond acceptors (Lipinski definition) is 3. The standard InChI is InChI=1S/C11H14N2O/c1-8-5-10(13(3)7-12)6-9(2)11(8)14-4/h5-6H,1-4H3. The number of hydrogen-bond donors (Lipinski definition) is 0. The highest BCUT2D eigenvalue weighted by Gasteiger charge is 2.07. The minimum Gasteiger partial charge on any atom is -0.496 e. The van der Waals surface area contributed by atoms with Crippen molar-refractivity contribution in [2.45, 2.75) is 13.8 Å². The summed E-state index contributed by atoms with van der Waals surface area (Å²) in [5.41, 5.74) is 2.98. The van der Waals surface area contributed by atoms with Crippen LogP contribution in [0.25, 0.3) is 0 Å². The topological polar surface area (TPSA) is 36.3 Å². The smallest absolute Gasteiger partial charge is 0.183 e. The maximum atomic E-state index is 8.74. The first-order valence-corrected chi connectivity index (χ1v) is 4.39. The Morgan fingerprint density at radius 1 is 1.29 bits per heavy atom. The number of aryl methyl sites for hydroxylation is 2. The predicted octanol–water partition coefficient (Wildman–Crippen LogP) is 2.23. The third-order valence-electron chi connectivity index (χ3n) is 2.19. The predicted molar refractivity (Wildman–Crippen MR) is 56.5 cm³/mol. The molecule has 0 radical (unpaired) electrons. The molecule has 1 aromatic carbocycles. The van der Waals surface area contributed by atoms with Gasteiger partial charge in [-0.25, -0.2) is 0 Å². The fourth-order valence-electron chi connectivity index (χ4n) is 1.50. The maximum absolute atomic E-state index is 8.74. The largest absolute Gasteiger partial charge is 0.496 e. The molecule has 0 bridgehead atoms. The van der Waals surface area contributed by atoms with Gasteiger partial charge >= 0.3 is 0 Å². The molecule has 3 heteroatoms. The molecule has 0 atom stereocenters. The van der Waals surface area contributed by atoms with Gasteiger partial charge in [0.2, 0.25) is 0 Å². The molecule has 0 amide bonds. The van der Waals surface area contributed by atoms with Gasteiger partial charge in [0.05, 0.1) is 12.8 Å². The van der Waals surface area contributed by atoms with Crippen molar-refractivity contribution in [1.29, 1.82) is 5.26 Å². The summed E-state index contributed by atoms with van der Waals surface area (Å²) in [6.45, 7) is 3.95. The molecule has 0 unspecified atom stereocenters. The van der Waals surface area contributed by atoms with Crippen LogP contribution in [0.15, 0.2) is 12.1 Å². The number of methoxy groups -OCH3 is 1. The van der Waals surface area contributed by atoms with Crippen molar-refractivity contribution in [3.63, 3.8) is 0 Å². The molecule has 0 aliphatic heterocycles. The van der Waals surface area contributed by atoms with Gasteiger partial charge in [-0.1, -0.05) is 0 Å². The van der Waals surface area contributed by atoms with Gasteiger partial charge in [0.15, 0.2) is 6.19 Å². The lowest BCUT2D eigenvalue weighted by molar-refractivity contribution is 0.408. The van der Waals surface area contributed by atoms with E-state index in [0.717, 1.165) is 22.6 Å². The van der Waals surface area contributed by atoms with Crippen LogP contribution in [0.3, 0.4) is 0 Å². The Morgan fingerprint density at radius 3 is 2.14 bits per heavy atom. The number of nitriles is 1. The van der Waals surface area contributed by atoms with Gasteiger partial charge < -0.3 is 4.74 Å². The Bertz CT molecular complexity index is 356. The average Bonchev–Trinajstić information content (AvgIpc) is 2.16. The molecule has 0 fully saturated rings. The van der Waals surface area contributed by atoms with E-state index in [1.54, 1.807) is 14.2 Å². The highest BCUT2D eigenvalue weighted by atomic mass is 16.5. The summed E-state index contributed by atoms with van der Waals surface area (Å²) in [7, 11) is 3.39. The number of anilines is 1. The SMILES string of the molecule is COc1c(C)cc(N(C)C#N)cc1C. The molecule has 74 valence electrons. The summed E-state index contributed by atoms with van der Waals surface area (Å²) in [4.78, 5) is 1.53. The molecule has 0 spiro atoms. The second kappa shape index (κ2) is 4.01. The Hall–Kier alpha value is -1.69. The first-order valence-electron chi connectivity index (χ1n) is 4.39. The Balaban J connectivity index is 3.22. The van der Waals surface area contributed by atoms with E-state index in [2.05, 4.69) is 6.19 Å². The van der Waals surface area contributed by atoms with Crippen LogP contribution < -0.4 is 9.64 Å². The molecule has 0 aliphatic rings. The van der Waals surface area contributed by atoms with Crippen molar-refractivity contribution in [1.82, 2.24) is 0 Å². The second-order valence-electron chi connectivity index (χ2n) is 3.27. The summed E-state index contributed by atoms with van der Waals surface area (Å²) in [6, 6.07) is 3.88. The number of ether oxygens (including phenoxy) is 1. The van der Waals surface area contributed by atoms with E-state index < -0.39 is 0 Å². The van der Waals surface area contributed by atoms with E-state index in [1.165, 1.54) is 4.90 Å². The third kappa shape index (κ3) is 1.80. The van der Waals surface area contributed by atoms with Crippen LogP contribution in [-0.4, -0.2) is 14.2 Å². The third-order valence-corrected chi connectivity index (χ3v) is 2.19. The summed E-state index contributed by atoms with van der Waals surface area (Å²) in [5, 5.41) is 8.74. The summed E-state index contributed by atoms with van der Waals surface area (Å²) in [6.07, 6.45) is 2.07. The lowest BCUT2D eigenvalue weighted by Gasteiger charge is -2.14. The van der Waals surface area contributed by atoms with Gasteiger partial charge in [-0.15, -0.1) is 0 Å². The lowest BCUT2D eigenvalue weighted by atomic mass is 10.1. The number of rotatable bonds is 2. The molecule has 1 rings (SSSR count). The summed E-state index contributed by atoms with van der Waals surface area (Å²) >= 11 is 0. The van der Waals surface area contributed by atoms with Gasteiger partial charge in [-0.3, -0.25) is 4.90 Å². The van der Waals surface area contributed by atoms with Gasteiger partial charge in [0, 0.05) is 7.05 Å². The van der Waals surface area contributed by atoms with Gasteiger partial charge in [-0.05, 0) is 37.1 Å². The molecule has 0 aliphatic carbocycles. The molecule has 0 heterocycles. The van der Waals surface area contributed by atoms with Crippen molar-refractivity contribution in [2.75, 3.05) is 19.1 Å². The minimum absolute atomic E-state index is 0.889. The highest BCUT2D eigenvalue weighted by Crippen LogP contribution is 2.27. The first kappa shape index (κ1) is 10.4. The molecule has 14 heavy (non-hydrogen) atoms. The number of benzene rings is 1.